The van der Waals surface area contributed by atoms with Gasteiger partial charge in [-0.2, -0.15) is 5.26 Å². The second-order valence-electron chi connectivity index (χ2n) is 6.76. The molecule has 3 nitrogen and oxygen atoms in total. The molecule has 0 aromatic heterocycles. The van der Waals surface area contributed by atoms with Crippen LogP contribution >= 0.6 is 27.7 Å². The summed E-state index contributed by atoms with van der Waals surface area (Å²) in [4.78, 5) is 27.7. The Labute approximate surface area is 182 Å². The third-order valence-corrected chi connectivity index (χ3v) is 6.05. The summed E-state index contributed by atoms with van der Waals surface area (Å²) in [6.45, 7) is 1.71. The molecule has 0 amide bonds. The van der Waals surface area contributed by atoms with Gasteiger partial charge in [0, 0.05) is 27.3 Å². The van der Waals surface area contributed by atoms with Gasteiger partial charge in [-0.15, -0.1) is 0 Å². The minimum Gasteiger partial charge on any atom is -0.294 e. The predicted molar refractivity (Wildman–Crippen MR) is 119 cm³/mol. The van der Waals surface area contributed by atoms with Gasteiger partial charge in [-0.1, -0.05) is 70.2 Å². The van der Waals surface area contributed by atoms with Crippen LogP contribution in [-0.2, 0) is 0 Å². The summed E-state index contributed by atoms with van der Waals surface area (Å²) in [5.41, 5.74) is 1.53. The van der Waals surface area contributed by atoms with E-state index in [2.05, 4.69) is 15.9 Å². The van der Waals surface area contributed by atoms with Gasteiger partial charge in [0.05, 0.1) is 16.0 Å². The van der Waals surface area contributed by atoms with Crippen LogP contribution in [0.5, 0.6) is 0 Å². The first-order valence-electron chi connectivity index (χ1n) is 8.99. The maximum atomic E-state index is 13.0. The molecule has 144 valence electrons. The Hall–Kier alpha value is -2.68. The highest BCUT2D eigenvalue weighted by atomic mass is 79.9. The van der Waals surface area contributed by atoms with Crippen LogP contribution in [0.4, 0.5) is 0 Å². The van der Waals surface area contributed by atoms with Crippen molar-refractivity contribution in [3.8, 4) is 6.07 Å². The quantitative estimate of drug-likeness (QED) is 0.303. The number of alkyl halides is 1. The van der Waals surface area contributed by atoms with Crippen molar-refractivity contribution in [1.29, 1.82) is 5.26 Å². The molecule has 0 radical (unpaired) electrons. The van der Waals surface area contributed by atoms with Crippen LogP contribution in [0, 0.1) is 11.3 Å². The number of halogens is 1. The lowest BCUT2D eigenvalue weighted by atomic mass is 9.92. The van der Waals surface area contributed by atoms with E-state index in [0.29, 0.717) is 16.7 Å². The zero-order valence-corrected chi connectivity index (χ0v) is 18.2. The molecule has 0 N–H and O–H groups in total. The smallest absolute Gasteiger partial charge is 0.179 e. The van der Waals surface area contributed by atoms with E-state index >= 15 is 0 Å². The van der Waals surface area contributed by atoms with Crippen LogP contribution in [0.15, 0.2) is 88.7 Å². The van der Waals surface area contributed by atoms with Gasteiger partial charge >= 0.3 is 0 Å². The first-order chi connectivity index (χ1) is 13.9. The number of hydrogen-bond acceptors (Lipinski definition) is 4. The molecule has 0 aliphatic heterocycles. The van der Waals surface area contributed by atoms with E-state index in [0.717, 1.165) is 9.79 Å². The molecular weight excluding hydrogens is 446 g/mol. The number of nitrogens with zero attached hydrogens (tertiary/aromatic N) is 1. The van der Waals surface area contributed by atoms with Gasteiger partial charge in [0.25, 0.3) is 0 Å². The van der Waals surface area contributed by atoms with Crippen molar-refractivity contribution in [3.63, 3.8) is 0 Å². The van der Waals surface area contributed by atoms with Gasteiger partial charge in [0.15, 0.2) is 11.6 Å². The Morgan fingerprint density at radius 3 is 2.03 bits per heavy atom. The number of carbonyl (C=O) groups is 2. The molecule has 1 unspecified atom stereocenters. The Morgan fingerprint density at radius 2 is 1.45 bits per heavy atom. The van der Waals surface area contributed by atoms with Crippen molar-refractivity contribution in [2.75, 3.05) is 0 Å². The summed E-state index contributed by atoms with van der Waals surface area (Å²) in [6.07, 6.45) is 0.0260. The summed E-state index contributed by atoms with van der Waals surface area (Å²) in [6, 6.07) is 25.9. The zero-order chi connectivity index (χ0) is 20.9. The van der Waals surface area contributed by atoms with Crippen molar-refractivity contribution < 1.29 is 9.59 Å². The van der Waals surface area contributed by atoms with Crippen LogP contribution in [0.25, 0.3) is 0 Å². The van der Waals surface area contributed by atoms with Gasteiger partial charge < -0.3 is 0 Å². The van der Waals surface area contributed by atoms with Gasteiger partial charge in [-0.3, -0.25) is 9.59 Å². The minimum absolute atomic E-state index is 0.0260. The molecule has 0 spiro atoms. The van der Waals surface area contributed by atoms with Gasteiger partial charge in [-0.25, -0.2) is 0 Å². The van der Waals surface area contributed by atoms with E-state index in [1.54, 1.807) is 55.1 Å². The summed E-state index contributed by atoms with van der Waals surface area (Å²) in [7, 11) is 0. The molecule has 0 aliphatic rings. The highest BCUT2D eigenvalue weighted by Gasteiger charge is 2.33. The third kappa shape index (κ3) is 5.44. The monoisotopic (exact) mass is 463 g/mol. The van der Waals surface area contributed by atoms with Crippen LogP contribution < -0.4 is 0 Å². The van der Waals surface area contributed by atoms with Gasteiger partial charge in [0.1, 0.15) is 0 Å². The fraction of sp³-hybridized carbons (Fsp3) is 0.125. The van der Waals surface area contributed by atoms with Crippen LogP contribution in [0.2, 0.25) is 0 Å². The minimum atomic E-state index is -1.01. The first kappa shape index (κ1) is 21.0. The van der Waals surface area contributed by atoms with Crippen LogP contribution in [0.3, 0.4) is 0 Å². The fourth-order valence-corrected chi connectivity index (χ4v) is 4.14. The van der Waals surface area contributed by atoms with E-state index in [4.69, 9.17) is 5.26 Å². The number of benzene rings is 3. The molecule has 0 saturated carbocycles. The van der Waals surface area contributed by atoms with Crippen molar-refractivity contribution in [2.24, 2.45) is 0 Å². The maximum absolute atomic E-state index is 13.0. The number of ketones is 2. The lowest BCUT2D eigenvalue weighted by Crippen LogP contribution is -2.31. The maximum Gasteiger partial charge on any atom is 0.179 e. The predicted octanol–water partition coefficient (Wildman–Crippen LogP) is 6.32. The molecule has 0 fully saturated rings. The van der Waals surface area contributed by atoms with E-state index in [1.165, 1.54) is 0 Å². The summed E-state index contributed by atoms with van der Waals surface area (Å²) in [5.74, 6) is -0.297. The zero-order valence-electron chi connectivity index (χ0n) is 15.8. The molecule has 1 atom stereocenters. The van der Waals surface area contributed by atoms with E-state index in [-0.39, 0.29) is 18.0 Å². The van der Waals surface area contributed by atoms with E-state index < -0.39 is 4.32 Å². The van der Waals surface area contributed by atoms with Gasteiger partial charge in [-0.05, 0) is 43.3 Å². The van der Waals surface area contributed by atoms with Crippen molar-refractivity contribution in [2.45, 2.75) is 27.5 Å². The topological polar surface area (TPSA) is 57.9 Å². The van der Waals surface area contributed by atoms with Crippen molar-refractivity contribution in [1.82, 2.24) is 0 Å². The molecule has 5 heteroatoms. The Kier molecular flexibility index (Phi) is 6.68. The highest BCUT2D eigenvalue weighted by molar-refractivity contribution is 9.10. The number of rotatable bonds is 7. The summed E-state index contributed by atoms with van der Waals surface area (Å²) >= 11 is 5.08. The normalized spacial score (nSPS) is 12.6. The average molecular weight is 464 g/mol. The number of carbonyl (C=O) groups excluding carboxylic acids is 2. The molecule has 0 bridgehead atoms. The Balaban J connectivity index is 1.69. The largest absolute Gasteiger partial charge is 0.294 e. The lowest BCUT2D eigenvalue weighted by molar-refractivity contribution is 0.0888. The lowest BCUT2D eigenvalue weighted by Gasteiger charge is -2.20. The third-order valence-electron chi connectivity index (χ3n) is 4.40. The SMILES string of the molecule is CC(Br)(CC(=O)c1ccc(C#N)cc1)C(=O)c1ccc(Sc2ccccc2)cc1. The first-order valence-corrected chi connectivity index (χ1v) is 10.6. The molecule has 0 aliphatic carbocycles. The second-order valence-corrected chi connectivity index (χ2v) is 9.65. The molecule has 3 rings (SSSR count). The summed E-state index contributed by atoms with van der Waals surface area (Å²) in [5, 5.41) is 8.87. The van der Waals surface area contributed by atoms with Crippen LogP contribution in [-0.4, -0.2) is 15.9 Å². The standard InChI is InChI=1S/C24H18BrNO2S/c1-24(25,15-22(27)18-9-7-17(16-26)8-10-18)23(28)19-11-13-21(14-12-19)29-20-5-3-2-4-6-20/h2-14H,15H2,1H3. The van der Waals surface area contributed by atoms with Crippen molar-refractivity contribution in [3.05, 3.63) is 95.6 Å². The molecular formula is C24H18BrNO2S. The Morgan fingerprint density at radius 1 is 0.897 bits per heavy atom. The van der Waals surface area contributed by atoms with E-state index in [1.807, 2.05) is 48.5 Å². The molecule has 3 aromatic rings. The van der Waals surface area contributed by atoms with Crippen molar-refractivity contribution >= 4 is 39.3 Å². The van der Waals surface area contributed by atoms with Crippen LogP contribution in [0.1, 0.15) is 39.6 Å². The van der Waals surface area contributed by atoms with Gasteiger partial charge in [0.2, 0.25) is 0 Å². The summed E-state index contributed by atoms with van der Waals surface area (Å²) < 4.78 is -1.01. The molecule has 0 saturated heterocycles. The molecule has 29 heavy (non-hydrogen) atoms. The number of nitriles is 1. The second kappa shape index (κ2) is 9.21. The molecule has 0 heterocycles. The van der Waals surface area contributed by atoms with E-state index in [9.17, 15) is 9.59 Å². The average Bonchev–Trinajstić information content (AvgIpc) is 2.74. The fourth-order valence-electron chi connectivity index (χ4n) is 2.81. The number of Topliss-reactive ketones (excluding diaryl/α,β-unsaturated/α-hetero) is 2. The Bertz CT molecular complexity index is 1050. The highest BCUT2D eigenvalue weighted by Crippen LogP contribution is 2.31. The number of hydrogen-bond donors (Lipinski definition) is 0. The molecule has 3 aromatic carbocycles.